The van der Waals surface area contributed by atoms with E-state index in [0.29, 0.717) is 24.5 Å². The Labute approximate surface area is 159 Å². The number of nitrogens with zero attached hydrogens (tertiary/aromatic N) is 4. The lowest BCUT2D eigenvalue weighted by atomic mass is 10.2. The second kappa shape index (κ2) is 7.31. The number of rotatable bonds is 4. The predicted molar refractivity (Wildman–Crippen MR) is 99.7 cm³/mol. The summed E-state index contributed by atoms with van der Waals surface area (Å²) in [5.41, 5.74) is 0.807. The number of sulfonamides is 1. The van der Waals surface area contributed by atoms with E-state index >= 15 is 0 Å². The first-order chi connectivity index (χ1) is 12.7. The molecule has 9 heteroatoms. The molecule has 1 aliphatic heterocycles. The molecule has 0 unspecified atom stereocenters. The number of hydrogen-bond acceptors (Lipinski definition) is 7. The fraction of sp³-hybridized carbons (Fsp3) is 0.444. The van der Waals surface area contributed by atoms with Gasteiger partial charge in [0.15, 0.2) is 0 Å². The zero-order valence-electron chi connectivity index (χ0n) is 15.7. The molecule has 2 aromatic rings. The lowest BCUT2D eigenvalue weighted by Gasteiger charge is -2.34. The maximum atomic E-state index is 12.2. The van der Waals surface area contributed by atoms with Crippen molar-refractivity contribution in [1.82, 2.24) is 9.29 Å². The van der Waals surface area contributed by atoms with Crippen LogP contribution in [0.15, 0.2) is 33.6 Å². The first kappa shape index (κ1) is 19.4. The van der Waals surface area contributed by atoms with Crippen LogP contribution in [0.4, 0.5) is 5.88 Å². The molecule has 0 aliphatic carbocycles. The summed E-state index contributed by atoms with van der Waals surface area (Å²) in [5.74, 6) is 0.696. The number of ether oxygens (including phenoxy) is 1. The second-order valence-corrected chi connectivity index (χ2v) is 8.91. The minimum Gasteiger partial charge on any atom is -0.419 e. The lowest BCUT2D eigenvalue weighted by molar-refractivity contribution is -0.00638. The summed E-state index contributed by atoms with van der Waals surface area (Å²) in [4.78, 5) is 6.42. The number of anilines is 1. The van der Waals surface area contributed by atoms with Crippen molar-refractivity contribution in [1.29, 1.82) is 5.26 Å². The molecule has 0 amide bonds. The van der Waals surface area contributed by atoms with Gasteiger partial charge in [0.2, 0.25) is 27.5 Å². The van der Waals surface area contributed by atoms with Gasteiger partial charge in [-0.1, -0.05) is 0 Å². The number of benzene rings is 1. The van der Waals surface area contributed by atoms with Gasteiger partial charge in [-0.25, -0.2) is 12.7 Å². The van der Waals surface area contributed by atoms with Crippen molar-refractivity contribution in [3.63, 3.8) is 0 Å². The maximum Gasteiger partial charge on any atom is 0.242 e. The van der Waals surface area contributed by atoms with E-state index < -0.39 is 10.0 Å². The van der Waals surface area contributed by atoms with Crippen molar-refractivity contribution in [2.24, 2.45) is 0 Å². The normalized spacial score (nSPS) is 20.7. The van der Waals surface area contributed by atoms with Gasteiger partial charge in [0, 0.05) is 32.7 Å². The highest BCUT2D eigenvalue weighted by molar-refractivity contribution is 7.89. The third-order valence-electron chi connectivity index (χ3n) is 4.30. The van der Waals surface area contributed by atoms with Gasteiger partial charge in [-0.2, -0.15) is 10.2 Å². The molecule has 0 spiro atoms. The lowest BCUT2D eigenvalue weighted by Crippen LogP contribution is -2.45. The molecule has 1 saturated heterocycles. The number of hydrogen-bond donors (Lipinski definition) is 0. The summed E-state index contributed by atoms with van der Waals surface area (Å²) < 4.78 is 37.1. The molecule has 2 heterocycles. The van der Waals surface area contributed by atoms with Crippen LogP contribution in [-0.4, -0.2) is 57.1 Å². The van der Waals surface area contributed by atoms with Crippen LogP contribution in [0, 0.1) is 11.3 Å². The molecule has 1 aromatic carbocycles. The Morgan fingerprint density at radius 2 is 1.78 bits per heavy atom. The van der Waals surface area contributed by atoms with Crippen molar-refractivity contribution in [3.8, 4) is 17.5 Å². The molecule has 1 aromatic heterocycles. The van der Waals surface area contributed by atoms with Crippen LogP contribution in [-0.2, 0) is 14.8 Å². The minimum absolute atomic E-state index is 0.0179. The zero-order valence-corrected chi connectivity index (χ0v) is 16.5. The van der Waals surface area contributed by atoms with Gasteiger partial charge >= 0.3 is 0 Å². The second-order valence-electron chi connectivity index (χ2n) is 6.76. The Bertz CT molecular complexity index is 950. The molecule has 2 atom stereocenters. The fourth-order valence-corrected chi connectivity index (χ4v) is 3.95. The van der Waals surface area contributed by atoms with E-state index in [4.69, 9.17) is 9.15 Å². The summed E-state index contributed by atoms with van der Waals surface area (Å²) in [5, 5.41) is 9.44. The van der Waals surface area contributed by atoms with Crippen molar-refractivity contribution < 1.29 is 17.6 Å². The monoisotopic (exact) mass is 390 g/mol. The van der Waals surface area contributed by atoms with Crippen LogP contribution in [0.25, 0.3) is 11.5 Å². The molecular formula is C18H22N4O4S. The van der Waals surface area contributed by atoms with Gasteiger partial charge in [-0.05, 0) is 38.1 Å². The largest absolute Gasteiger partial charge is 0.419 e. The summed E-state index contributed by atoms with van der Waals surface area (Å²) in [6, 6.07) is 8.32. The van der Waals surface area contributed by atoms with Crippen molar-refractivity contribution >= 4 is 15.9 Å². The number of morpholine rings is 1. The average Bonchev–Trinajstić information content (AvgIpc) is 3.05. The third kappa shape index (κ3) is 3.83. The van der Waals surface area contributed by atoms with E-state index in [-0.39, 0.29) is 28.7 Å². The Hall–Kier alpha value is -2.41. The molecule has 27 heavy (non-hydrogen) atoms. The van der Waals surface area contributed by atoms with E-state index in [9.17, 15) is 13.7 Å². The van der Waals surface area contributed by atoms with Gasteiger partial charge in [-0.3, -0.25) is 0 Å². The number of aromatic nitrogens is 1. The van der Waals surface area contributed by atoms with Crippen LogP contribution >= 0.6 is 0 Å². The number of nitriles is 1. The van der Waals surface area contributed by atoms with E-state index in [2.05, 4.69) is 11.1 Å². The standard InChI is InChI=1S/C18H22N4O4S/c1-12-10-22(11-13(2)25-12)18-16(9-19)20-17(26-18)14-5-7-15(8-6-14)27(23,24)21(3)4/h5-8,12-13H,10-11H2,1-4H3/t12-,13-/m1/s1. The molecule has 3 rings (SSSR count). The van der Waals surface area contributed by atoms with Crippen LogP contribution in [0.2, 0.25) is 0 Å². The highest BCUT2D eigenvalue weighted by atomic mass is 32.2. The molecule has 0 radical (unpaired) electrons. The smallest absolute Gasteiger partial charge is 0.242 e. The molecule has 8 nitrogen and oxygen atoms in total. The van der Waals surface area contributed by atoms with Gasteiger partial charge in [0.05, 0.1) is 17.1 Å². The first-order valence-electron chi connectivity index (χ1n) is 8.56. The summed E-state index contributed by atoms with van der Waals surface area (Å²) in [7, 11) is -0.546. The highest BCUT2D eigenvalue weighted by Crippen LogP contribution is 2.30. The van der Waals surface area contributed by atoms with E-state index in [1.54, 1.807) is 12.1 Å². The van der Waals surface area contributed by atoms with Gasteiger partial charge in [0.1, 0.15) is 6.07 Å². The molecule has 0 bridgehead atoms. The fourth-order valence-electron chi connectivity index (χ4n) is 3.05. The predicted octanol–water partition coefficient (Wildman–Crippen LogP) is 2.08. The van der Waals surface area contributed by atoms with Crippen LogP contribution < -0.4 is 4.90 Å². The van der Waals surface area contributed by atoms with Crippen LogP contribution in [0.5, 0.6) is 0 Å². The van der Waals surface area contributed by atoms with E-state index in [0.717, 1.165) is 4.31 Å². The molecule has 1 fully saturated rings. The van der Waals surface area contributed by atoms with E-state index in [1.165, 1.54) is 26.2 Å². The number of oxazole rings is 1. The minimum atomic E-state index is -3.51. The Morgan fingerprint density at radius 3 is 2.30 bits per heavy atom. The maximum absolute atomic E-state index is 12.2. The molecule has 0 saturated carbocycles. The molecule has 144 valence electrons. The topological polar surface area (TPSA) is 99.7 Å². The van der Waals surface area contributed by atoms with Crippen molar-refractivity contribution in [3.05, 3.63) is 30.0 Å². The van der Waals surface area contributed by atoms with Crippen LogP contribution in [0.3, 0.4) is 0 Å². The van der Waals surface area contributed by atoms with Gasteiger partial charge in [0.25, 0.3) is 0 Å². The van der Waals surface area contributed by atoms with Gasteiger partial charge < -0.3 is 14.1 Å². The first-order valence-corrected chi connectivity index (χ1v) is 10.0. The highest BCUT2D eigenvalue weighted by Gasteiger charge is 2.28. The molecule has 0 N–H and O–H groups in total. The average molecular weight is 390 g/mol. The quantitative estimate of drug-likeness (QED) is 0.788. The summed E-state index contributed by atoms with van der Waals surface area (Å²) in [6.07, 6.45) is 0.0359. The van der Waals surface area contributed by atoms with Crippen molar-refractivity contribution in [2.45, 2.75) is 31.0 Å². The van der Waals surface area contributed by atoms with Gasteiger partial charge in [-0.15, -0.1) is 0 Å². The summed E-state index contributed by atoms with van der Waals surface area (Å²) in [6.45, 7) is 5.15. The van der Waals surface area contributed by atoms with Crippen LogP contribution in [0.1, 0.15) is 19.5 Å². The van der Waals surface area contributed by atoms with E-state index in [1.807, 2.05) is 18.7 Å². The molecule has 1 aliphatic rings. The Kier molecular flexibility index (Phi) is 5.24. The molecular weight excluding hydrogens is 368 g/mol. The third-order valence-corrected chi connectivity index (χ3v) is 6.13. The Morgan fingerprint density at radius 1 is 1.19 bits per heavy atom. The van der Waals surface area contributed by atoms with Crippen molar-refractivity contribution in [2.75, 3.05) is 32.1 Å². The summed E-state index contributed by atoms with van der Waals surface area (Å²) >= 11 is 0. The Balaban J connectivity index is 1.93. The SMILES string of the molecule is C[C@@H]1CN(c2oc(-c3ccc(S(=O)(=O)N(C)C)cc3)nc2C#N)C[C@@H](C)O1. The zero-order chi connectivity index (χ0) is 19.8.